The molecule has 0 bridgehead atoms. The lowest BCUT2D eigenvalue weighted by Gasteiger charge is -2.33. The number of carbonyl (C=O) groups is 1. The Balaban J connectivity index is 1.48. The smallest absolute Gasteiger partial charge is 0.412 e. The molecular weight excluding hydrogens is 456 g/mol. The average molecular weight is 489 g/mol. The topological polar surface area (TPSA) is 107 Å². The van der Waals surface area contributed by atoms with Crippen molar-refractivity contribution in [1.82, 2.24) is 19.0 Å². The number of nitriles is 1. The summed E-state index contributed by atoms with van der Waals surface area (Å²) in [4.78, 5) is 33.1. The molecule has 4 heterocycles. The van der Waals surface area contributed by atoms with Gasteiger partial charge < -0.3 is 19.1 Å². The number of amides is 1. The molecule has 36 heavy (non-hydrogen) atoms. The Labute approximate surface area is 210 Å². The first-order chi connectivity index (χ1) is 17.5. The Hall–Kier alpha value is -3.64. The van der Waals surface area contributed by atoms with E-state index in [9.17, 15) is 20.0 Å². The molecule has 1 fully saturated rings. The monoisotopic (exact) mass is 488 g/mol. The second kappa shape index (κ2) is 10.2. The Morgan fingerprint density at radius 2 is 1.94 bits per heavy atom. The van der Waals surface area contributed by atoms with Crippen LogP contribution in [0.4, 0.5) is 10.5 Å². The van der Waals surface area contributed by atoms with Gasteiger partial charge in [0.05, 0.1) is 22.8 Å². The van der Waals surface area contributed by atoms with E-state index in [4.69, 9.17) is 4.98 Å². The highest BCUT2D eigenvalue weighted by Gasteiger charge is 2.30. The fourth-order valence-electron chi connectivity index (χ4n) is 5.60. The van der Waals surface area contributed by atoms with E-state index in [-0.39, 0.29) is 17.5 Å². The number of hydrogen-bond acceptors (Lipinski definition) is 5. The van der Waals surface area contributed by atoms with Gasteiger partial charge in [-0.2, -0.15) is 5.26 Å². The van der Waals surface area contributed by atoms with Crippen LogP contribution in [0.2, 0.25) is 0 Å². The number of benzene rings is 1. The maximum atomic E-state index is 12.2. The van der Waals surface area contributed by atoms with Crippen LogP contribution in [0.25, 0.3) is 11.0 Å². The quantitative estimate of drug-likeness (QED) is 0.569. The Bertz CT molecular complexity index is 1360. The number of fused-ring (bicyclic) bond motifs is 3. The molecule has 1 atom stereocenters. The second-order valence-corrected chi connectivity index (χ2v) is 9.88. The number of rotatable bonds is 6. The summed E-state index contributed by atoms with van der Waals surface area (Å²) in [6.45, 7) is 5.91. The third kappa shape index (κ3) is 4.61. The van der Waals surface area contributed by atoms with Crippen LogP contribution < -0.4 is 10.5 Å². The van der Waals surface area contributed by atoms with Gasteiger partial charge in [0.15, 0.2) is 0 Å². The van der Waals surface area contributed by atoms with Gasteiger partial charge in [-0.3, -0.25) is 9.69 Å². The third-order valence-electron chi connectivity index (χ3n) is 7.68. The van der Waals surface area contributed by atoms with Crippen LogP contribution in [0.1, 0.15) is 37.6 Å². The van der Waals surface area contributed by atoms with E-state index >= 15 is 0 Å². The molecule has 2 aliphatic rings. The third-order valence-corrected chi connectivity index (χ3v) is 7.68. The van der Waals surface area contributed by atoms with Crippen LogP contribution in [0.15, 0.2) is 41.3 Å². The number of imidazole rings is 1. The predicted molar refractivity (Wildman–Crippen MR) is 137 cm³/mol. The highest BCUT2D eigenvalue weighted by molar-refractivity contribution is 5.94. The first-order valence-corrected chi connectivity index (χ1v) is 12.8. The standard InChI is InChI=1S/C27H32N6O3/c1-19-5-6-21-22(33(19)27(35)36)7-8-23-26(21)29-24(11-15-31-12-3-2-4-25(31)34)32(23)17-16-30-13-9-20(18-28)10-14-30/h2-4,7-8,12,19-20H,5-6,9-11,13-17H2,1H3,(H,35,36)/t19-/m0/s1. The summed E-state index contributed by atoms with van der Waals surface area (Å²) in [6, 6.07) is 11.4. The molecule has 0 unspecified atom stereocenters. The largest absolute Gasteiger partial charge is 0.465 e. The molecule has 1 amide bonds. The highest BCUT2D eigenvalue weighted by atomic mass is 16.4. The van der Waals surface area contributed by atoms with Crippen LogP contribution in [-0.4, -0.2) is 55.9 Å². The van der Waals surface area contributed by atoms with Crippen molar-refractivity contribution in [2.75, 3.05) is 24.5 Å². The molecule has 0 radical (unpaired) electrons. The van der Waals surface area contributed by atoms with Gasteiger partial charge in [-0.1, -0.05) is 6.07 Å². The second-order valence-electron chi connectivity index (χ2n) is 9.88. The minimum Gasteiger partial charge on any atom is -0.465 e. The Morgan fingerprint density at radius 3 is 2.67 bits per heavy atom. The number of pyridine rings is 1. The number of carboxylic acid groups (broad SMARTS) is 1. The molecule has 0 saturated carbocycles. The van der Waals surface area contributed by atoms with Crippen LogP contribution in [0.3, 0.4) is 0 Å². The fourth-order valence-corrected chi connectivity index (χ4v) is 5.60. The van der Waals surface area contributed by atoms with Crippen LogP contribution in [-0.2, 0) is 25.9 Å². The maximum Gasteiger partial charge on any atom is 0.412 e. The van der Waals surface area contributed by atoms with Crippen molar-refractivity contribution < 1.29 is 9.90 Å². The zero-order chi connectivity index (χ0) is 25.2. The number of piperidine rings is 1. The van der Waals surface area contributed by atoms with Crippen molar-refractivity contribution in [3.05, 3.63) is 58.3 Å². The number of hydrogen-bond donors (Lipinski definition) is 1. The van der Waals surface area contributed by atoms with Crippen molar-refractivity contribution >= 4 is 22.8 Å². The molecule has 1 N–H and O–H groups in total. The average Bonchev–Trinajstić information content (AvgIpc) is 3.24. The number of likely N-dealkylation sites (tertiary alicyclic amines) is 1. The lowest BCUT2D eigenvalue weighted by molar-refractivity contribution is 0.198. The minimum atomic E-state index is -0.938. The normalized spacial score (nSPS) is 18.8. The Morgan fingerprint density at radius 1 is 1.14 bits per heavy atom. The van der Waals surface area contributed by atoms with E-state index < -0.39 is 6.09 Å². The molecule has 2 aromatic heterocycles. The summed E-state index contributed by atoms with van der Waals surface area (Å²) >= 11 is 0. The van der Waals surface area contributed by atoms with E-state index in [1.54, 1.807) is 22.9 Å². The fraction of sp³-hybridized carbons (Fsp3) is 0.481. The van der Waals surface area contributed by atoms with Crippen LogP contribution in [0.5, 0.6) is 0 Å². The van der Waals surface area contributed by atoms with Gasteiger partial charge in [-0.25, -0.2) is 9.78 Å². The highest BCUT2D eigenvalue weighted by Crippen LogP contribution is 2.36. The molecule has 2 aliphatic heterocycles. The summed E-state index contributed by atoms with van der Waals surface area (Å²) in [5.74, 6) is 1.06. The minimum absolute atomic E-state index is 0.0380. The molecule has 9 heteroatoms. The molecule has 188 valence electrons. The van der Waals surface area contributed by atoms with Crippen molar-refractivity contribution in [3.8, 4) is 6.07 Å². The summed E-state index contributed by atoms with van der Waals surface area (Å²) in [5, 5.41) is 19.0. The number of anilines is 1. The van der Waals surface area contributed by atoms with Crippen molar-refractivity contribution in [2.24, 2.45) is 5.92 Å². The molecule has 5 rings (SSSR count). The summed E-state index contributed by atoms with van der Waals surface area (Å²) in [6.07, 6.45) is 4.81. The predicted octanol–water partition coefficient (Wildman–Crippen LogP) is 3.50. The number of aromatic nitrogens is 3. The van der Waals surface area contributed by atoms with E-state index in [1.807, 2.05) is 25.1 Å². The molecular formula is C27H32N6O3. The van der Waals surface area contributed by atoms with Gasteiger partial charge in [0.25, 0.3) is 5.56 Å². The zero-order valence-corrected chi connectivity index (χ0v) is 20.6. The Kier molecular flexibility index (Phi) is 6.79. The van der Waals surface area contributed by atoms with Crippen molar-refractivity contribution in [2.45, 2.75) is 58.2 Å². The molecule has 0 spiro atoms. The van der Waals surface area contributed by atoms with Crippen LogP contribution in [0, 0.1) is 17.2 Å². The van der Waals surface area contributed by atoms with E-state index in [0.29, 0.717) is 13.0 Å². The van der Waals surface area contributed by atoms with E-state index in [2.05, 4.69) is 15.5 Å². The lowest BCUT2D eigenvalue weighted by Crippen LogP contribution is -2.41. The molecule has 1 saturated heterocycles. The van der Waals surface area contributed by atoms with Crippen molar-refractivity contribution in [1.29, 1.82) is 5.26 Å². The summed E-state index contributed by atoms with van der Waals surface area (Å²) in [7, 11) is 0. The number of nitrogens with zero attached hydrogens (tertiary/aromatic N) is 6. The molecule has 3 aromatic rings. The summed E-state index contributed by atoms with van der Waals surface area (Å²) in [5.41, 5.74) is 3.55. The zero-order valence-electron chi connectivity index (χ0n) is 20.6. The van der Waals surface area contributed by atoms with Gasteiger partial charge in [0, 0.05) is 55.8 Å². The van der Waals surface area contributed by atoms with E-state index in [1.165, 1.54) is 4.90 Å². The van der Waals surface area contributed by atoms with Crippen LogP contribution >= 0.6 is 0 Å². The van der Waals surface area contributed by atoms with Gasteiger partial charge in [-0.15, -0.1) is 0 Å². The van der Waals surface area contributed by atoms with Gasteiger partial charge in [0.1, 0.15) is 5.82 Å². The molecule has 9 nitrogen and oxygen atoms in total. The molecule has 1 aromatic carbocycles. The SMILES string of the molecule is C[C@H]1CCc2c(ccc3c2nc(CCn2ccccc2=O)n3CCN2CCC(C#N)CC2)N1C(=O)O. The summed E-state index contributed by atoms with van der Waals surface area (Å²) < 4.78 is 3.93. The maximum absolute atomic E-state index is 12.2. The van der Waals surface area contributed by atoms with E-state index in [0.717, 1.165) is 80.0 Å². The molecule has 0 aliphatic carbocycles. The number of aryl methyl sites for hydroxylation is 3. The van der Waals surface area contributed by atoms with Gasteiger partial charge in [-0.05, 0) is 63.9 Å². The van der Waals surface area contributed by atoms with Crippen molar-refractivity contribution in [3.63, 3.8) is 0 Å². The first kappa shape index (κ1) is 24.1. The lowest BCUT2D eigenvalue weighted by atomic mass is 9.96. The van der Waals surface area contributed by atoms with Gasteiger partial charge >= 0.3 is 6.09 Å². The first-order valence-electron chi connectivity index (χ1n) is 12.8. The van der Waals surface area contributed by atoms with Gasteiger partial charge in [0.2, 0.25) is 0 Å².